The molecule has 0 saturated carbocycles. The molecular weight excluding hydrogens is 408 g/mol. The van der Waals surface area contributed by atoms with Crippen LogP contribution < -0.4 is 21.7 Å². The molecule has 0 heterocycles. The fourth-order valence-electron chi connectivity index (χ4n) is 2.13. The molecule has 3 amide bonds. The Bertz CT molecular complexity index is 616. The zero-order chi connectivity index (χ0) is 22.7. The monoisotopic (exact) mass is 436 g/mol. The minimum absolute atomic E-state index is 0.183. The van der Waals surface area contributed by atoms with Crippen LogP contribution in [-0.4, -0.2) is 81.5 Å². The summed E-state index contributed by atoms with van der Waals surface area (Å²) in [6.07, 6.45) is -0.755. The summed E-state index contributed by atoms with van der Waals surface area (Å²) in [5.41, 5.74) is 5.37. The molecule has 4 atom stereocenters. The van der Waals surface area contributed by atoms with Crippen LogP contribution >= 0.6 is 12.6 Å². The summed E-state index contributed by atoms with van der Waals surface area (Å²) in [4.78, 5) is 58.7. The van der Waals surface area contributed by atoms with E-state index in [1.807, 2.05) is 0 Å². The van der Waals surface area contributed by atoms with E-state index in [9.17, 15) is 24.0 Å². The molecule has 4 unspecified atom stereocenters. The van der Waals surface area contributed by atoms with Crippen molar-refractivity contribution in [1.29, 1.82) is 0 Å². The number of aliphatic hydroxyl groups is 1. The van der Waals surface area contributed by atoms with Crippen LogP contribution in [0.15, 0.2) is 0 Å². The first-order valence-electron chi connectivity index (χ1n) is 8.77. The van der Waals surface area contributed by atoms with Crippen LogP contribution in [0.4, 0.5) is 0 Å². The van der Waals surface area contributed by atoms with Crippen molar-refractivity contribution < 1.29 is 39.3 Å². The number of amides is 3. The molecule has 0 aromatic rings. The molecule has 0 saturated heterocycles. The lowest BCUT2D eigenvalue weighted by molar-refractivity contribution is -0.143. The number of carbonyl (C=O) groups is 5. The summed E-state index contributed by atoms with van der Waals surface area (Å²) in [6.45, 7) is 2.50. The van der Waals surface area contributed by atoms with Gasteiger partial charge >= 0.3 is 11.9 Å². The molecule has 0 aliphatic rings. The van der Waals surface area contributed by atoms with Crippen LogP contribution in [0.2, 0.25) is 0 Å². The van der Waals surface area contributed by atoms with Crippen molar-refractivity contribution in [3.8, 4) is 0 Å². The van der Waals surface area contributed by atoms with Gasteiger partial charge in [0.2, 0.25) is 17.7 Å². The minimum Gasteiger partial charge on any atom is -0.481 e. The second-order valence-corrected chi connectivity index (χ2v) is 6.96. The maximum Gasteiger partial charge on any atom is 0.326 e. The smallest absolute Gasteiger partial charge is 0.326 e. The highest BCUT2D eigenvalue weighted by molar-refractivity contribution is 7.80. The predicted octanol–water partition coefficient (Wildman–Crippen LogP) is -2.70. The second kappa shape index (κ2) is 13.0. The first kappa shape index (κ1) is 26.6. The number of hydrogen-bond donors (Lipinski definition) is 8. The van der Waals surface area contributed by atoms with Gasteiger partial charge in [0.1, 0.15) is 24.2 Å². The van der Waals surface area contributed by atoms with Gasteiger partial charge in [-0.3, -0.25) is 19.2 Å². The van der Waals surface area contributed by atoms with Crippen molar-refractivity contribution in [2.24, 2.45) is 11.7 Å². The van der Waals surface area contributed by atoms with E-state index in [0.717, 1.165) is 0 Å². The van der Waals surface area contributed by atoms with Crippen LogP contribution in [-0.2, 0) is 24.0 Å². The van der Waals surface area contributed by atoms with Crippen molar-refractivity contribution in [1.82, 2.24) is 16.0 Å². The topological polar surface area (TPSA) is 208 Å². The van der Waals surface area contributed by atoms with Gasteiger partial charge in [-0.1, -0.05) is 13.8 Å². The fourth-order valence-corrected chi connectivity index (χ4v) is 2.39. The molecule has 0 fully saturated rings. The molecule has 0 aliphatic heterocycles. The lowest BCUT2D eigenvalue weighted by atomic mass is 10.0. The molecule has 0 radical (unpaired) electrons. The Labute approximate surface area is 173 Å². The van der Waals surface area contributed by atoms with Gasteiger partial charge in [-0.2, -0.15) is 12.6 Å². The van der Waals surface area contributed by atoms with Crippen molar-refractivity contribution in [2.75, 3.05) is 12.4 Å². The quantitative estimate of drug-likeness (QED) is 0.141. The fraction of sp³-hybridized carbons (Fsp3) is 0.688. The predicted molar refractivity (Wildman–Crippen MR) is 104 cm³/mol. The average molecular weight is 436 g/mol. The van der Waals surface area contributed by atoms with Crippen molar-refractivity contribution in [3.63, 3.8) is 0 Å². The number of nitrogens with two attached hydrogens (primary N) is 1. The summed E-state index contributed by atoms with van der Waals surface area (Å²) in [7, 11) is 0. The highest BCUT2D eigenvalue weighted by atomic mass is 32.1. The van der Waals surface area contributed by atoms with E-state index in [1.165, 1.54) is 0 Å². The van der Waals surface area contributed by atoms with Gasteiger partial charge in [-0.15, -0.1) is 0 Å². The Morgan fingerprint density at radius 1 is 0.931 bits per heavy atom. The van der Waals surface area contributed by atoms with Crippen LogP contribution in [0.25, 0.3) is 0 Å². The molecular formula is C16H28N4O8S. The number of thiol groups is 1. The first-order chi connectivity index (χ1) is 13.4. The molecule has 0 aromatic carbocycles. The van der Waals surface area contributed by atoms with Crippen LogP contribution in [0.3, 0.4) is 0 Å². The SMILES string of the molecule is CC(C)C(NC(=O)C(CS)NC(=O)C(CCC(=O)O)NC(=O)C(N)CO)C(=O)O. The van der Waals surface area contributed by atoms with Gasteiger partial charge in [0.25, 0.3) is 0 Å². The molecule has 0 aromatic heterocycles. The Morgan fingerprint density at radius 2 is 1.45 bits per heavy atom. The maximum atomic E-state index is 12.5. The molecule has 12 nitrogen and oxygen atoms in total. The lowest BCUT2D eigenvalue weighted by Gasteiger charge is -2.25. The lowest BCUT2D eigenvalue weighted by Crippen LogP contribution is -2.58. The number of aliphatic carboxylic acids is 2. The van der Waals surface area contributed by atoms with Gasteiger partial charge in [-0.25, -0.2) is 4.79 Å². The number of nitrogens with one attached hydrogen (secondary N) is 3. The molecule has 8 N–H and O–H groups in total. The molecule has 0 spiro atoms. The largest absolute Gasteiger partial charge is 0.481 e. The molecule has 29 heavy (non-hydrogen) atoms. The zero-order valence-electron chi connectivity index (χ0n) is 16.1. The number of carboxylic acids is 2. The minimum atomic E-state index is -1.34. The highest BCUT2D eigenvalue weighted by Gasteiger charge is 2.30. The number of carbonyl (C=O) groups excluding carboxylic acids is 3. The number of carboxylic acid groups (broad SMARTS) is 2. The number of rotatable bonds is 13. The molecule has 0 aliphatic carbocycles. The maximum absolute atomic E-state index is 12.5. The molecule has 166 valence electrons. The van der Waals surface area contributed by atoms with Crippen molar-refractivity contribution in [2.45, 2.75) is 50.9 Å². The summed E-state index contributed by atoms with van der Waals surface area (Å²) >= 11 is 3.97. The normalized spacial score (nSPS) is 15.0. The number of aliphatic hydroxyl groups excluding tert-OH is 1. The van der Waals surface area contributed by atoms with Gasteiger partial charge in [0.15, 0.2) is 0 Å². The summed E-state index contributed by atoms with van der Waals surface area (Å²) in [6, 6.07) is -5.08. The van der Waals surface area contributed by atoms with Crippen molar-refractivity contribution >= 4 is 42.3 Å². The van der Waals surface area contributed by atoms with Gasteiger partial charge in [-0.05, 0) is 12.3 Å². The van der Waals surface area contributed by atoms with Crippen molar-refractivity contribution in [3.05, 3.63) is 0 Å². The molecule has 0 bridgehead atoms. The Balaban J connectivity index is 5.24. The second-order valence-electron chi connectivity index (χ2n) is 6.59. The van der Waals surface area contributed by atoms with E-state index in [4.69, 9.17) is 21.1 Å². The van der Waals surface area contributed by atoms with E-state index in [0.29, 0.717) is 0 Å². The van der Waals surface area contributed by atoms with E-state index in [-0.39, 0.29) is 12.2 Å². The number of hydrogen-bond acceptors (Lipinski definition) is 8. The van der Waals surface area contributed by atoms with Gasteiger partial charge in [0.05, 0.1) is 6.61 Å². The zero-order valence-corrected chi connectivity index (χ0v) is 17.0. The Morgan fingerprint density at radius 3 is 1.86 bits per heavy atom. The third-order valence-corrected chi connectivity index (χ3v) is 4.22. The van der Waals surface area contributed by atoms with Gasteiger partial charge in [0, 0.05) is 12.2 Å². The van der Waals surface area contributed by atoms with E-state index in [2.05, 4.69) is 28.6 Å². The molecule has 13 heteroatoms. The third kappa shape index (κ3) is 9.58. The first-order valence-corrected chi connectivity index (χ1v) is 9.40. The standard InChI is InChI=1S/C16H28N4O8S/c1-7(2)12(16(27)28)20-15(26)10(6-29)19-14(25)9(3-4-11(22)23)18-13(24)8(17)5-21/h7-10,12,21,29H,3-6,17H2,1-2H3,(H,18,24)(H,19,25)(H,20,26)(H,22,23)(H,27,28). The summed E-state index contributed by atoms with van der Waals surface area (Å²) < 4.78 is 0. The van der Waals surface area contributed by atoms with E-state index in [1.54, 1.807) is 13.8 Å². The summed E-state index contributed by atoms with van der Waals surface area (Å²) in [5, 5.41) is 33.7. The van der Waals surface area contributed by atoms with E-state index < -0.39 is 72.8 Å². The Hall–Kier alpha value is -2.38. The average Bonchev–Trinajstić information content (AvgIpc) is 2.65. The van der Waals surface area contributed by atoms with Gasteiger partial charge < -0.3 is 37.0 Å². The highest BCUT2D eigenvalue weighted by Crippen LogP contribution is 2.04. The third-order valence-electron chi connectivity index (χ3n) is 3.86. The molecule has 0 rings (SSSR count). The van der Waals surface area contributed by atoms with Crippen LogP contribution in [0, 0.1) is 5.92 Å². The van der Waals surface area contributed by atoms with Crippen LogP contribution in [0.1, 0.15) is 26.7 Å². The van der Waals surface area contributed by atoms with Crippen LogP contribution in [0.5, 0.6) is 0 Å². The Kier molecular flexibility index (Phi) is 11.9. The summed E-state index contributed by atoms with van der Waals surface area (Å²) in [5.74, 6) is -5.63. The van der Waals surface area contributed by atoms with E-state index >= 15 is 0 Å².